The summed E-state index contributed by atoms with van der Waals surface area (Å²) in [4.78, 5) is 18.2. The number of benzene rings is 3. The maximum Gasteiger partial charge on any atom is 0.282 e. The van der Waals surface area contributed by atoms with E-state index in [9.17, 15) is 4.79 Å². The Labute approximate surface area is 222 Å². The molecule has 0 bridgehead atoms. The van der Waals surface area contributed by atoms with Crippen molar-refractivity contribution in [3.05, 3.63) is 86.6 Å². The van der Waals surface area contributed by atoms with Crippen LogP contribution in [-0.2, 0) is 0 Å². The van der Waals surface area contributed by atoms with Gasteiger partial charge in [-0.2, -0.15) is 9.78 Å². The summed E-state index contributed by atoms with van der Waals surface area (Å²) >= 11 is 12.9. The lowest BCUT2D eigenvalue weighted by Crippen LogP contribution is -2.20. The topological polar surface area (TPSA) is 78.8 Å². The molecular weight excluding hydrogens is 513 g/mol. The summed E-state index contributed by atoms with van der Waals surface area (Å²) in [5, 5.41) is 6.35. The third kappa shape index (κ3) is 4.80. The van der Waals surface area contributed by atoms with Crippen molar-refractivity contribution in [3.8, 4) is 23.1 Å². The van der Waals surface area contributed by atoms with Gasteiger partial charge in [0.2, 0.25) is 5.82 Å². The molecule has 0 aliphatic carbocycles. The minimum atomic E-state index is -0.349. The number of nitrogens with zero attached hydrogens (tertiary/aromatic N) is 3. The lowest BCUT2D eigenvalue weighted by molar-refractivity contribution is 0.218. The number of methoxy groups -OCH3 is 1. The predicted molar refractivity (Wildman–Crippen MR) is 148 cm³/mol. The smallest absolute Gasteiger partial charge is 0.282 e. The largest absolute Gasteiger partial charge is 0.496 e. The lowest BCUT2D eigenvalue weighted by Gasteiger charge is -2.15. The fraction of sp³-hybridized carbons (Fsp3) is 0.179. The Kier molecular flexibility index (Phi) is 6.91. The summed E-state index contributed by atoms with van der Waals surface area (Å²) in [6.07, 6.45) is 2.27. The Balaban J connectivity index is 1.64. The van der Waals surface area contributed by atoms with Gasteiger partial charge < -0.3 is 13.9 Å². The summed E-state index contributed by atoms with van der Waals surface area (Å²) in [7, 11) is 1.59. The molecule has 0 amide bonds. The van der Waals surface area contributed by atoms with Gasteiger partial charge in [0.1, 0.15) is 11.3 Å². The van der Waals surface area contributed by atoms with Crippen LogP contribution in [-0.4, -0.2) is 29.1 Å². The maximum atomic E-state index is 13.5. The number of fused-ring (bicyclic) bond motifs is 2. The molecule has 2 aromatic heterocycles. The van der Waals surface area contributed by atoms with Crippen LogP contribution in [0.15, 0.2) is 75.0 Å². The van der Waals surface area contributed by atoms with Crippen LogP contribution in [0.3, 0.4) is 0 Å². The van der Waals surface area contributed by atoms with Crippen LogP contribution in [0.1, 0.15) is 25.8 Å². The highest BCUT2D eigenvalue weighted by molar-refractivity contribution is 6.37. The zero-order valence-corrected chi connectivity index (χ0v) is 21.9. The number of rotatable bonds is 7. The normalized spacial score (nSPS) is 12.5. The lowest BCUT2D eigenvalue weighted by atomic mass is 10.2. The van der Waals surface area contributed by atoms with Gasteiger partial charge in [-0.25, -0.2) is 4.98 Å². The fourth-order valence-electron chi connectivity index (χ4n) is 3.89. The molecule has 3 aromatic carbocycles. The second-order valence-electron chi connectivity index (χ2n) is 8.45. The van der Waals surface area contributed by atoms with E-state index in [1.165, 1.54) is 10.9 Å². The van der Waals surface area contributed by atoms with Crippen LogP contribution in [0.5, 0.6) is 11.5 Å². The number of ether oxygens (including phenoxy) is 2. The Morgan fingerprint density at radius 3 is 2.57 bits per heavy atom. The number of hydrogen-bond donors (Lipinski definition) is 0. The molecule has 5 rings (SSSR count). The fourth-order valence-corrected chi connectivity index (χ4v) is 4.48. The van der Waals surface area contributed by atoms with E-state index in [-0.39, 0.29) is 17.5 Å². The van der Waals surface area contributed by atoms with E-state index in [2.05, 4.69) is 5.10 Å². The van der Waals surface area contributed by atoms with E-state index in [1.54, 1.807) is 43.5 Å². The van der Waals surface area contributed by atoms with Gasteiger partial charge in [0.05, 0.1) is 45.8 Å². The Morgan fingerprint density at radius 2 is 1.84 bits per heavy atom. The Hall–Kier alpha value is -3.81. The van der Waals surface area contributed by atoms with Crippen LogP contribution >= 0.6 is 23.2 Å². The number of hydrogen-bond acceptors (Lipinski definition) is 6. The highest BCUT2D eigenvalue weighted by Crippen LogP contribution is 2.35. The third-order valence-electron chi connectivity index (χ3n) is 5.95. The average Bonchev–Trinajstić information content (AvgIpc) is 3.34. The summed E-state index contributed by atoms with van der Waals surface area (Å²) in [5.74, 6) is 1.67. The molecule has 0 aliphatic rings. The molecule has 0 radical (unpaired) electrons. The zero-order valence-electron chi connectivity index (χ0n) is 20.4. The molecule has 9 heteroatoms. The molecule has 0 N–H and O–H groups in total. The molecule has 0 unspecified atom stereocenters. The van der Waals surface area contributed by atoms with E-state index < -0.39 is 0 Å². The number of furan rings is 1. The van der Waals surface area contributed by atoms with Gasteiger partial charge in [-0.15, -0.1) is 0 Å². The second kappa shape index (κ2) is 10.3. The molecule has 1 atom stereocenters. The first-order valence-electron chi connectivity index (χ1n) is 11.7. The Bertz CT molecular complexity index is 1680. The van der Waals surface area contributed by atoms with E-state index in [1.807, 2.05) is 38.1 Å². The first-order valence-corrected chi connectivity index (χ1v) is 12.4. The summed E-state index contributed by atoms with van der Waals surface area (Å²) in [6, 6.07) is 17.7. The molecular formula is C28H23Cl2N3O4. The summed E-state index contributed by atoms with van der Waals surface area (Å²) in [6.45, 7) is 3.95. The second-order valence-corrected chi connectivity index (χ2v) is 9.26. The first kappa shape index (κ1) is 24.9. The van der Waals surface area contributed by atoms with Gasteiger partial charge >= 0.3 is 0 Å². The van der Waals surface area contributed by atoms with Crippen LogP contribution < -0.4 is 15.0 Å². The van der Waals surface area contributed by atoms with E-state index >= 15 is 0 Å². The molecule has 0 saturated carbocycles. The van der Waals surface area contributed by atoms with Crippen molar-refractivity contribution in [2.24, 2.45) is 5.10 Å². The van der Waals surface area contributed by atoms with Crippen LogP contribution in [0.25, 0.3) is 33.5 Å². The van der Waals surface area contributed by atoms with Crippen molar-refractivity contribution in [1.82, 2.24) is 9.66 Å². The van der Waals surface area contributed by atoms with Crippen LogP contribution in [0.2, 0.25) is 10.0 Å². The quantitative estimate of drug-likeness (QED) is 0.206. The summed E-state index contributed by atoms with van der Waals surface area (Å²) in [5.41, 5.74) is 1.36. The number of para-hydroxylation sites is 1. The van der Waals surface area contributed by atoms with Crippen molar-refractivity contribution < 1.29 is 13.9 Å². The highest BCUT2D eigenvalue weighted by Gasteiger charge is 2.18. The SMILES string of the molecule is CC[C@H](C)Oc1c(Cl)cc(C=Nn2c(-c3cc4c(OC)cccc4o3)nc3ccccc3c2=O)cc1Cl. The van der Waals surface area contributed by atoms with Gasteiger partial charge in [-0.3, -0.25) is 4.79 Å². The van der Waals surface area contributed by atoms with E-state index in [0.29, 0.717) is 49.4 Å². The predicted octanol–water partition coefficient (Wildman–Crippen LogP) is 7.18. The van der Waals surface area contributed by atoms with Crippen molar-refractivity contribution in [2.45, 2.75) is 26.4 Å². The molecule has 188 valence electrons. The van der Waals surface area contributed by atoms with Gasteiger partial charge in [0.25, 0.3) is 5.56 Å². The van der Waals surface area contributed by atoms with E-state index in [4.69, 9.17) is 42.1 Å². The van der Waals surface area contributed by atoms with Crippen molar-refractivity contribution in [3.63, 3.8) is 0 Å². The Morgan fingerprint density at radius 1 is 1.08 bits per heavy atom. The van der Waals surface area contributed by atoms with Gasteiger partial charge in [0.15, 0.2) is 11.5 Å². The van der Waals surface area contributed by atoms with Crippen molar-refractivity contribution in [2.75, 3.05) is 7.11 Å². The van der Waals surface area contributed by atoms with Gasteiger partial charge in [-0.1, -0.05) is 48.3 Å². The summed E-state index contributed by atoms with van der Waals surface area (Å²) < 4.78 is 18.6. The van der Waals surface area contributed by atoms with Gasteiger partial charge in [-0.05, 0) is 61.4 Å². The molecule has 0 fully saturated rings. The minimum absolute atomic E-state index is 0.0400. The first-order chi connectivity index (χ1) is 17.9. The average molecular weight is 536 g/mol. The molecule has 2 heterocycles. The van der Waals surface area contributed by atoms with Crippen LogP contribution in [0.4, 0.5) is 0 Å². The number of aromatic nitrogens is 2. The number of halogens is 2. The molecule has 0 spiro atoms. The van der Waals surface area contributed by atoms with Gasteiger partial charge in [0, 0.05) is 0 Å². The minimum Gasteiger partial charge on any atom is -0.496 e. The van der Waals surface area contributed by atoms with Crippen molar-refractivity contribution >= 4 is 51.3 Å². The molecule has 0 aliphatic heterocycles. The zero-order chi connectivity index (χ0) is 26.1. The van der Waals surface area contributed by atoms with Crippen LogP contribution in [0, 0.1) is 0 Å². The van der Waals surface area contributed by atoms with Crippen molar-refractivity contribution in [1.29, 1.82) is 0 Å². The molecule has 0 saturated heterocycles. The standard InChI is InChI=1S/C28H23Cl2N3O4/c1-4-16(2)36-26-20(29)12-17(13-21(26)30)15-31-33-27(32-22-9-6-5-8-18(22)28(33)34)25-14-19-23(35-3)10-7-11-24(19)37-25/h5-16H,4H2,1-3H3/t16-/m0/s1. The van der Waals surface area contributed by atoms with E-state index in [0.717, 1.165) is 11.8 Å². The molecule has 37 heavy (non-hydrogen) atoms. The maximum absolute atomic E-state index is 13.5. The monoisotopic (exact) mass is 535 g/mol. The highest BCUT2D eigenvalue weighted by atomic mass is 35.5. The molecule has 5 aromatic rings. The molecule has 7 nitrogen and oxygen atoms in total. The third-order valence-corrected chi connectivity index (χ3v) is 6.51.